The highest BCUT2D eigenvalue weighted by atomic mass is 32.2. The topological polar surface area (TPSA) is 104 Å². The fourth-order valence-corrected chi connectivity index (χ4v) is 7.03. The van der Waals surface area contributed by atoms with E-state index in [4.69, 9.17) is 9.72 Å². The zero-order valence-corrected chi connectivity index (χ0v) is 24.9. The molecule has 0 radical (unpaired) electrons. The lowest BCUT2D eigenvalue weighted by Crippen LogP contribution is -2.49. The van der Waals surface area contributed by atoms with Gasteiger partial charge in [-0.15, -0.1) is 0 Å². The van der Waals surface area contributed by atoms with Crippen LogP contribution in [0, 0.1) is 13.8 Å². The van der Waals surface area contributed by atoms with Crippen LogP contribution in [0.4, 0.5) is 5.69 Å². The summed E-state index contributed by atoms with van der Waals surface area (Å²) in [6.45, 7) is 6.44. The third kappa shape index (κ3) is 5.60. The second kappa shape index (κ2) is 11.5. The number of para-hydroxylation sites is 1. The van der Waals surface area contributed by atoms with Crippen molar-refractivity contribution in [1.29, 1.82) is 0 Å². The summed E-state index contributed by atoms with van der Waals surface area (Å²) in [6.07, 6.45) is 4.94. The molecular formula is C32H34N6O3S. The van der Waals surface area contributed by atoms with Gasteiger partial charge in [0.05, 0.1) is 12.0 Å². The molecule has 1 aliphatic rings. The van der Waals surface area contributed by atoms with Gasteiger partial charge in [0.1, 0.15) is 17.1 Å². The molecule has 0 unspecified atom stereocenters. The largest absolute Gasteiger partial charge is 0.497 e. The number of H-pyrrole nitrogens is 1. The number of pyridine rings is 2. The Morgan fingerprint density at radius 1 is 0.881 bits per heavy atom. The summed E-state index contributed by atoms with van der Waals surface area (Å²) in [6, 6.07) is 19.0. The fraction of sp³-hybridized carbons (Fsp3) is 0.281. The van der Waals surface area contributed by atoms with Crippen LogP contribution in [-0.4, -0.2) is 65.9 Å². The molecule has 0 aliphatic carbocycles. The molecule has 2 aromatic carbocycles. The predicted octanol–water partition coefficient (Wildman–Crippen LogP) is 4.94. The van der Waals surface area contributed by atoms with Crippen LogP contribution in [0.2, 0.25) is 0 Å². The van der Waals surface area contributed by atoms with Gasteiger partial charge in [-0.2, -0.15) is 4.31 Å². The van der Waals surface area contributed by atoms with Crippen LogP contribution in [-0.2, 0) is 22.9 Å². The summed E-state index contributed by atoms with van der Waals surface area (Å²) in [7, 11) is -1.95. The predicted molar refractivity (Wildman–Crippen MR) is 164 cm³/mol. The molecule has 0 bridgehead atoms. The number of aromatic nitrogens is 4. The molecular weight excluding hydrogens is 548 g/mol. The Kier molecular flexibility index (Phi) is 7.66. The highest BCUT2D eigenvalue weighted by molar-refractivity contribution is 7.89. The number of sulfonamides is 1. The first-order chi connectivity index (χ1) is 20.3. The van der Waals surface area contributed by atoms with Gasteiger partial charge in [-0.3, -0.25) is 4.98 Å². The molecule has 1 fully saturated rings. The van der Waals surface area contributed by atoms with Crippen molar-refractivity contribution in [2.75, 3.05) is 38.2 Å². The Morgan fingerprint density at radius 3 is 2.33 bits per heavy atom. The number of hydrogen-bond acceptors (Lipinski definition) is 7. The van der Waals surface area contributed by atoms with Crippen molar-refractivity contribution in [3.05, 3.63) is 95.7 Å². The van der Waals surface area contributed by atoms with Gasteiger partial charge in [0.15, 0.2) is 5.65 Å². The quantitative estimate of drug-likeness (QED) is 0.276. The number of nitrogens with one attached hydrogen (secondary N) is 1. The number of methoxy groups -OCH3 is 1. The van der Waals surface area contributed by atoms with E-state index < -0.39 is 10.0 Å². The van der Waals surface area contributed by atoms with Gasteiger partial charge in [0.2, 0.25) is 10.0 Å². The number of aromatic amines is 1. The molecule has 216 valence electrons. The highest BCUT2D eigenvalue weighted by Crippen LogP contribution is 2.28. The molecule has 42 heavy (non-hydrogen) atoms. The first-order valence-electron chi connectivity index (χ1n) is 14.1. The fourth-order valence-electron chi connectivity index (χ4n) is 5.61. The van der Waals surface area contributed by atoms with E-state index in [0.29, 0.717) is 43.1 Å². The lowest BCUT2D eigenvalue weighted by atomic mass is 10.1. The van der Waals surface area contributed by atoms with Crippen LogP contribution in [0.25, 0.3) is 22.3 Å². The second-order valence-corrected chi connectivity index (χ2v) is 12.6. The van der Waals surface area contributed by atoms with Crippen LogP contribution in [0.3, 0.4) is 0 Å². The molecule has 0 atom stereocenters. The van der Waals surface area contributed by atoms with E-state index in [2.05, 4.69) is 51.9 Å². The Hall–Kier alpha value is -4.28. The van der Waals surface area contributed by atoms with Crippen molar-refractivity contribution in [3.63, 3.8) is 0 Å². The minimum absolute atomic E-state index is 0.300. The highest BCUT2D eigenvalue weighted by Gasteiger charge is 2.29. The smallest absolute Gasteiger partial charge is 0.243 e. The summed E-state index contributed by atoms with van der Waals surface area (Å²) < 4.78 is 33.8. The van der Waals surface area contributed by atoms with Crippen molar-refractivity contribution in [2.24, 2.45) is 0 Å². The van der Waals surface area contributed by atoms with Crippen LogP contribution >= 0.6 is 0 Å². The summed E-state index contributed by atoms with van der Waals surface area (Å²) in [5, 5.41) is 0. The summed E-state index contributed by atoms with van der Waals surface area (Å²) >= 11 is 0. The van der Waals surface area contributed by atoms with E-state index in [1.54, 1.807) is 35.9 Å². The number of rotatable bonds is 8. The number of ether oxygens (including phenoxy) is 1. The molecule has 1 aliphatic heterocycles. The van der Waals surface area contributed by atoms with Crippen molar-refractivity contribution in [3.8, 4) is 16.9 Å². The van der Waals surface area contributed by atoms with Crippen molar-refractivity contribution in [1.82, 2.24) is 24.2 Å². The lowest BCUT2D eigenvalue weighted by Gasteiger charge is -2.36. The number of piperazine rings is 1. The van der Waals surface area contributed by atoms with Crippen LogP contribution in [0.1, 0.15) is 22.6 Å². The van der Waals surface area contributed by atoms with E-state index in [1.165, 1.54) is 16.8 Å². The molecule has 1 saturated heterocycles. The first-order valence-corrected chi connectivity index (χ1v) is 15.5. The summed E-state index contributed by atoms with van der Waals surface area (Å²) in [5.74, 6) is 1.61. The normalized spacial score (nSPS) is 14.4. The first kappa shape index (κ1) is 27.9. The summed E-state index contributed by atoms with van der Waals surface area (Å²) in [5.41, 5.74) is 7.81. The minimum Gasteiger partial charge on any atom is -0.497 e. The minimum atomic E-state index is -3.59. The number of nitrogens with zero attached hydrogens (tertiary/aromatic N) is 5. The lowest BCUT2D eigenvalue weighted by molar-refractivity contribution is 0.384. The monoisotopic (exact) mass is 582 g/mol. The third-order valence-corrected chi connectivity index (χ3v) is 9.76. The van der Waals surface area contributed by atoms with Crippen LogP contribution in [0.5, 0.6) is 5.75 Å². The standard InChI is InChI=1S/C32H34N6O3S/c1-22-5-4-6-23(2)31(22)37-15-17-38(18-16-37)42(39,40)28-10-7-24(8-11-28)25-19-29-32(34-21-25)36-30(35-29)12-9-26-20-27(41-3)13-14-33-26/h4-8,10-11,13-14,19-21H,9,12,15-18H2,1-3H3,(H,34,35,36). The second-order valence-electron chi connectivity index (χ2n) is 10.6. The molecule has 0 saturated carbocycles. The zero-order valence-electron chi connectivity index (χ0n) is 24.0. The number of imidazole rings is 1. The van der Waals surface area contributed by atoms with Gasteiger partial charge in [-0.25, -0.2) is 18.4 Å². The number of fused-ring (bicyclic) bond motifs is 1. The average Bonchev–Trinajstić information content (AvgIpc) is 3.43. The van der Waals surface area contributed by atoms with Gasteiger partial charge >= 0.3 is 0 Å². The molecule has 9 nitrogen and oxygen atoms in total. The molecule has 10 heteroatoms. The Bertz CT molecular complexity index is 1810. The number of benzene rings is 2. The van der Waals surface area contributed by atoms with E-state index in [9.17, 15) is 8.42 Å². The van der Waals surface area contributed by atoms with Crippen molar-refractivity contribution < 1.29 is 13.2 Å². The Balaban J connectivity index is 1.13. The van der Waals surface area contributed by atoms with E-state index in [-0.39, 0.29) is 0 Å². The number of aryl methyl sites for hydroxylation is 4. The van der Waals surface area contributed by atoms with E-state index >= 15 is 0 Å². The van der Waals surface area contributed by atoms with Crippen molar-refractivity contribution >= 4 is 26.9 Å². The number of anilines is 1. The van der Waals surface area contributed by atoms with Crippen LogP contribution in [0.15, 0.2) is 78.0 Å². The maximum absolute atomic E-state index is 13.5. The Labute approximate surface area is 246 Å². The Morgan fingerprint density at radius 2 is 1.62 bits per heavy atom. The average molecular weight is 583 g/mol. The summed E-state index contributed by atoms with van der Waals surface area (Å²) in [4.78, 5) is 19.6. The molecule has 3 aromatic heterocycles. The number of hydrogen-bond donors (Lipinski definition) is 1. The third-order valence-electron chi connectivity index (χ3n) is 7.85. The van der Waals surface area contributed by atoms with Gasteiger partial charge < -0.3 is 14.6 Å². The van der Waals surface area contributed by atoms with Crippen LogP contribution < -0.4 is 9.64 Å². The van der Waals surface area contributed by atoms with E-state index in [0.717, 1.165) is 40.3 Å². The molecule has 4 heterocycles. The van der Waals surface area contributed by atoms with Gasteiger partial charge in [-0.1, -0.05) is 30.3 Å². The zero-order chi connectivity index (χ0) is 29.3. The van der Waals surface area contributed by atoms with Crippen molar-refractivity contribution in [2.45, 2.75) is 31.6 Å². The van der Waals surface area contributed by atoms with Gasteiger partial charge in [0, 0.05) is 68.0 Å². The maximum atomic E-state index is 13.5. The molecule has 0 amide bonds. The molecule has 1 N–H and O–H groups in total. The molecule has 0 spiro atoms. The van der Waals surface area contributed by atoms with Gasteiger partial charge in [0.25, 0.3) is 0 Å². The maximum Gasteiger partial charge on any atom is 0.243 e. The van der Waals surface area contributed by atoms with Gasteiger partial charge in [-0.05, 0) is 61.2 Å². The molecule has 6 rings (SSSR count). The molecule has 5 aromatic rings. The van der Waals surface area contributed by atoms with E-state index in [1.807, 2.05) is 30.3 Å². The SMILES string of the molecule is COc1ccnc(CCc2nc3cc(-c4ccc(S(=O)(=O)N5CCN(c6c(C)cccc6C)CC5)cc4)cnc3[nH]2)c1.